The predicted molar refractivity (Wildman–Crippen MR) is 498 cm³/mol. The molecule has 1 aliphatic heterocycles. The van der Waals surface area contributed by atoms with Crippen molar-refractivity contribution in [1.29, 1.82) is 0 Å². The lowest BCUT2D eigenvalue weighted by molar-refractivity contribution is -0.384. The number of urea groups is 3. The number of piperazine rings is 1. The predicted octanol–water partition coefficient (Wildman–Crippen LogP) is 11.7. The molecular weight excluding hydrogens is 1780 g/mol. The number of nitro groups is 1. The third-order valence-corrected chi connectivity index (χ3v) is 21.8. The number of hydrogen-bond donors (Lipinski definition) is 13. The van der Waals surface area contributed by atoms with Crippen LogP contribution in [-0.2, 0) is 95.2 Å². The minimum absolute atomic E-state index is 0.00866. The van der Waals surface area contributed by atoms with E-state index in [-0.39, 0.29) is 143 Å². The number of hydrogen-bond acceptors (Lipinski definition) is 25. The lowest BCUT2D eigenvalue weighted by Crippen LogP contribution is -2.53. The number of pyridine rings is 1. The van der Waals surface area contributed by atoms with Crippen LogP contribution in [0.5, 0.6) is 5.75 Å². The quantitative estimate of drug-likeness (QED) is 0.00421. The number of aryl methyl sites for hydroxylation is 1. The van der Waals surface area contributed by atoms with E-state index in [0.717, 1.165) is 11.6 Å². The first-order valence-electron chi connectivity index (χ1n) is 43.9. The number of non-ortho nitro benzene ring substituents is 1. The number of carbonyl (C=O) groups is 13. The van der Waals surface area contributed by atoms with Crippen LogP contribution in [0.3, 0.4) is 0 Å². The second-order valence-corrected chi connectivity index (χ2v) is 31.9. The molecule has 1 aliphatic rings. The van der Waals surface area contributed by atoms with Gasteiger partial charge >= 0.3 is 42.4 Å². The van der Waals surface area contributed by atoms with E-state index in [2.05, 4.69) is 42.5 Å². The Hall–Kier alpha value is -16.2. The van der Waals surface area contributed by atoms with E-state index in [0.29, 0.717) is 121 Å². The van der Waals surface area contributed by atoms with Gasteiger partial charge in [-0.3, -0.25) is 43.7 Å². The van der Waals surface area contributed by atoms with Crippen molar-refractivity contribution in [2.45, 2.75) is 136 Å². The molecule has 11 rings (SSSR count). The molecule has 137 heavy (non-hydrogen) atoms. The molecule has 1 saturated heterocycles. The Bertz CT molecular complexity index is 5770. The number of amides is 12. The number of aliphatic hydroxyl groups is 1. The number of aromatic carboxylic acids is 1. The number of nitrogens with zero attached hydrogens (tertiary/aromatic N) is 4. The molecule has 0 spiro atoms. The molecule has 0 aliphatic carbocycles. The van der Waals surface area contributed by atoms with Gasteiger partial charge in [0.25, 0.3) is 5.69 Å². The van der Waals surface area contributed by atoms with Crippen LogP contribution in [0.25, 0.3) is 10.9 Å². The van der Waals surface area contributed by atoms with Gasteiger partial charge in [0.1, 0.15) is 77.9 Å². The zero-order valence-electron chi connectivity index (χ0n) is 75.5. The lowest BCUT2D eigenvalue weighted by atomic mass is 9.89. The van der Waals surface area contributed by atoms with Gasteiger partial charge in [-0.1, -0.05) is 80.6 Å². The van der Waals surface area contributed by atoms with Gasteiger partial charge in [0.2, 0.25) is 29.1 Å². The van der Waals surface area contributed by atoms with Crippen molar-refractivity contribution in [3.05, 3.63) is 272 Å². The Morgan fingerprint density at radius 1 is 0.526 bits per heavy atom. The second-order valence-electron chi connectivity index (χ2n) is 31.9. The van der Waals surface area contributed by atoms with E-state index in [1.165, 1.54) is 47.7 Å². The monoisotopic (exact) mass is 1890 g/mol. The average molecular weight is 1890 g/mol. The summed E-state index contributed by atoms with van der Waals surface area (Å²) in [6.07, 6.45) is 6.44. The number of fused-ring (bicyclic) bond motifs is 1. The SMILES string of the molecule is CCn1cc(C(=O)O)c(=O)c2cc(F)c(N3CCN(C(=O)OCc4ccc(NC(=O)[C@H](CCCNC(N)=O)CC(=O)[C@@H](C)Cc5ccco5)cc4)CC3)cc21.C[C@@H](Cc1ccco1)C(=O)C[C@@H](CCCNC(N)=O)C(=O)Nc1ccc(COC(=O)Oc2ccc([N+](=O)[O-])cc2)cc1.NC(=O)NCCC[C@H](NC(=O)[C@H](Cc1ccco1)NC(=O)OCc1ccccc1)C(=O)Nc1ccc(CO)cc1. The van der Waals surface area contributed by atoms with Crippen LogP contribution in [-0.4, -0.2) is 160 Å². The third kappa shape index (κ3) is 34.7. The lowest BCUT2D eigenvalue weighted by Gasteiger charge is -2.35. The van der Waals surface area contributed by atoms with Crippen molar-refractivity contribution in [1.82, 2.24) is 36.1 Å². The first kappa shape index (κ1) is 104. The molecule has 5 heterocycles. The number of alkyl carbamates (subject to hydrolysis) is 1. The first-order chi connectivity index (χ1) is 65.8. The van der Waals surface area contributed by atoms with E-state index in [1.54, 1.807) is 164 Å². The molecule has 6 atom stereocenters. The largest absolute Gasteiger partial charge is 0.514 e. The minimum atomic E-state index is -1.38. The highest BCUT2D eigenvalue weighted by molar-refractivity contribution is 6.00. The maximum atomic E-state index is 15.3. The number of benzene rings is 6. The van der Waals surface area contributed by atoms with Crippen LogP contribution < -0.4 is 74.8 Å². The summed E-state index contributed by atoms with van der Waals surface area (Å²) in [6.45, 7) is 7.31. The topological polar surface area (TPSA) is 585 Å². The summed E-state index contributed by atoms with van der Waals surface area (Å²) in [5.41, 5.74) is 18.9. The number of rotatable bonds is 45. The number of primary amides is 3. The van der Waals surface area contributed by atoms with Gasteiger partial charge in [-0.15, -0.1) is 0 Å². The van der Waals surface area contributed by atoms with Crippen molar-refractivity contribution in [3.63, 3.8) is 0 Å². The smallest absolute Gasteiger partial charge is 0.477 e. The highest BCUT2D eigenvalue weighted by Crippen LogP contribution is 2.30. The van der Waals surface area contributed by atoms with Gasteiger partial charge < -0.3 is 117 Å². The van der Waals surface area contributed by atoms with Crippen LogP contribution in [0.2, 0.25) is 0 Å². The number of nitrogens with one attached hydrogen (secondary N) is 8. The Labute approximate surface area is 785 Å². The molecule has 726 valence electrons. The summed E-state index contributed by atoms with van der Waals surface area (Å²) in [5, 5.41) is 50.4. The number of halogens is 1. The molecule has 0 unspecified atom stereocenters. The van der Waals surface area contributed by atoms with E-state index in [9.17, 15) is 87.5 Å². The molecule has 1 fully saturated rings. The zero-order valence-corrected chi connectivity index (χ0v) is 75.5. The normalized spacial score (nSPS) is 12.8. The molecule has 0 bridgehead atoms. The second kappa shape index (κ2) is 53.5. The van der Waals surface area contributed by atoms with Crippen LogP contribution in [0, 0.1) is 39.6 Å². The number of Topliss-reactive ketones (excluding diaryl/α,β-unsaturated/α-hetero) is 2. The highest BCUT2D eigenvalue weighted by atomic mass is 19.1. The highest BCUT2D eigenvalue weighted by Gasteiger charge is 2.32. The van der Waals surface area contributed by atoms with Gasteiger partial charge in [-0.2, -0.15) is 0 Å². The molecule has 10 aromatic rings. The number of carboxylic acids is 1. The van der Waals surface area contributed by atoms with E-state index < -0.39 is 99.9 Å². The van der Waals surface area contributed by atoms with E-state index in [1.807, 2.05) is 18.2 Å². The fourth-order valence-corrected chi connectivity index (χ4v) is 14.3. The van der Waals surface area contributed by atoms with Crippen molar-refractivity contribution in [2.24, 2.45) is 40.9 Å². The molecule has 40 nitrogen and oxygen atoms in total. The maximum absolute atomic E-state index is 15.3. The van der Waals surface area contributed by atoms with Gasteiger partial charge in [-0.25, -0.2) is 38.0 Å². The Balaban J connectivity index is 0.000000234. The van der Waals surface area contributed by atoms with Gasteiger partial charge in [-0.05, 0) is 165 Å². The molecule has 4 aromatic heterocycles. The fourth-order valence-electron chi connectivity index (χ4n) is 14.3. The summed E-state index contributed by atoms with van der Waals surface area (Å²) < 4.78 is 53.8. The Morgan fingerprint density at radius 2 is 0.985 bits per heavy atom. The number of carbonyl (C=O) groups excluding carboxylic acids is 12. The van der Waals surface area contributed by atoms with Gasteiger partial charge in [0.15, 0.2) is 0 Å². The molecule has 16 N–H and O–H groups in total. The summed E-state index contributed by atoms with van der Waals surface area (Å²) in [5.74, 6) is -4.11. The number of ketones is 2. The summed E-state index contributed by atoms with van der Waals surface area (Å²) >= 11 is 0. The van der Waals surface area contributed by atoms with E-state index >= 15 is 4.39 Å². The number of nitrogens with two attached hydrogens (primary N) is 3. The van der Waals surface area contributed by atoms with Gasteiger partial charge in [0, 0.05) is 149 Å². The van der Waals surface area contributed by atoms with Crippen LogP contribution in [0.4, 0.5) is 61.6 Å². The third-order valence-electron chi connectivity index (χ3n) is 21.8. The van der Waals surface area contributed by atoms with Crippen LogP contribution >= 0.6 is 0 Å². The van der Waals surface area contributed by atoms with Crippen LogP contribution in [0.15, 0.2) is 219 Å². The average Bonchev–Trinajstić information content (AvgIpc) is 1.11. The molecule has 41 heteroatoms. The number of ether oxygens (including phenoxy) is 4. The number of furan rings is 3. The van der Waals surface area contributed by atoms with E-state index in [4.69, 9.17) is 49.4 Å². The zero-order chi connectivity index (χ0) is 98.9. The van der Waals surface area contributed by atoms with Crippen molar-refractivity contribution >= 4 is 117 Å². The summed E-state index contributed by atoms with van der Waals surface area (Å²) in [7, 11) is 0. The van der Waals surface area contributed by atoms with Crippen molar-refractivity contribution < 1.29 is 114 Å². The molecular formula is C96H110FN15O25. The summed E-state index contributed by atoms with van der Waals surface area (Å²) in [6, 6.07) is 42.8. The standard InChI is InChI=1S/C39H45FN6O9.C29H32N4O9.C28H33N5O7/c1-3-44-22-30(37(50)51)35(48)29-20-31(40)33(21-32(29)44)45-13-15-46(16-14-45)39(53)55-23-25-8-10-27(11-9-25)43-36(49)26(6-4-12-42-38(41)52)19-34(47)24(2)18-28-7-5-17-54-28;1-19(16-25-5-3-15-40-25)26(34)17-21(4-2-14-31-28(30)36)27(35)32-22-8-6-20(7-9-22)18-41-29(37)42-24-12-10-23(11-13-24)33(38)39;29-27(37)30-14-4-9-23(25(35)31-21-12-10-19(17-34)11-13-21)32-26(36)24(16-22-8-5-15-39-22)33-28(38)40-18-20-6-2-1-3-7-20/h5,7-11,17,20-22,24,26H,3-4,6,12-16,18-19,23H2,1-2H3,(H,43,49)(H,50,51)(H3,41,42,52);3,5-13,15,19,21H,2,4,14,16-18H2,1H3,(H,32,35)(H3,30,31,36);1-3,5-8,10-13,15,23-24,34H,4,9,14,16-18H2,(H,31,35)(H,32,36)(H,33,38)(H3,29,30,37)/t24-,26+;19-,21+;23-,24-/m000/s1. The van der Waals surface area contributed by atoms with Crippen molar-refractivity contribution in [2.75, 3.05) is 66.7 Å². The Kier molecular flexibility index (Phi) is 40.8. The number of aliphatic hydroxyl groups excluding tert-OH is 1. The number of carboxylic acid groups (broad SMARTS) is 1. The molecule has 6 aromatic carbocycles. The van der Waals surface area contributed by atoms with Crippen molar-refractivity contribution in [3.8, 4) is 5.75 Å². The maximum Gasteiger partial charge on any atom is 0.514 e. The summed E-state index contributed by atoms with van der Waals surface area (Å²) in [4.78, 5) is 187. The number of nitro benzene ring substituents is 1. The first-order valence-corrected chi connectivity index (χ1v) is 43.9. The molecule has 0 saturated carbocycles. The van der Waals surface area contributed by atoms with Gasteiger partial charge in [0.05, 0.1) is 41.5 Å². The van der Waals surface area contributed by atoms with Crippen LogP contribution in [0.1, 0.15) is 122 Å². The number of anilines is 4. The number of aromatic nitrogens is 1. The molecule has 0 radical (unpaired) electrons. The fraction of sp³-hybridized carbons (Fsp3) is 0.333. The molecule has 12 amide bonds. The Morgan fingerprint density at radius 3 is 1.45 bits per heavy atom. The minimum Gasteiger partial charge on any atom is -0.477 e.